The van der Waals surface area contributed by atoms with Crippen molar-refractivity contribution in [2.75, 3.05) is 58.3 Å². The molecule has 0 atom stereocenters. The molecular weight excluding hydrogens is 316 g/mol. The summed E-state index contributed by atoms with van der Waals surface area (Å²) in [6, 6.07) is 7.81. The molecule has 23 heavy (non-hydrogen) atoms. The monoisotopic (exact) mass is 338 g/mol. The molecule has 0 unspecified atom stereocenters. The third-order valence-electron chi connectivity index (χ3n) is 3.99. The van der Waals surface area contributed by atoms with Gasteiger partial charge in [0.1, 0.15) is 0 Å². The lowest BCUT2D eigenvalue weighted by Crippen LogP contribution is -2.50. The SMILES string of the molecule is CNC(=O)CN(C)C(=O)CN1CCN(c2cccc(Cl)c2)CC1. The molecule has 1 aliphatic rings. The Labute approximate surface area is 142 Å². The van der Waals surface area contributed by atoms with E-state index in [0.29, 0.717) is 6.54 Å². The summed E-state index contributed by atoms with van der Waals surface area (Å²) in [5, 5.41) is 3.25. The number of hydrogen-bond acceptors (Lipinski definition) is 4. The van der Waals surface area contributed by atoms with Gasteiger partial charge >= 0.3 is 0 Å². The average molecular weight is 339 g/mol. The lowest BCUT2D eigenvalue weighted by atomic mass is 10.2. The molecule has 1 aromatic rings. The maximum absolute atomic E-state index is 12.1. The summed E-state index contributed by atoms with van der Waals surface area (Å²) in [6.07, 6.45) is 0. The van der Waals surface area contributed by atoms with Gasteiger partial charge in [0.2, 0.25) is 11.8 Å². The van der Waals surface area contributed by atoms with Gasteiger partial charge in [-0.15, -0.1) is 0 Å². The van der Waals surface area contributed by atoms with Crippen LogP contribution in [-0.2, 0) is 9.59 Å². The van der Waals surface area contributed by atoms with E-state index in [1.807, 2.05) is 24.3 Å². The van der Waals surface area contributed by atoms with Gasteiger partial charge in [-0.25, -0.2) is 0 Å². The van der Waals surface area contributed by atoms with Crippen molar-refractivity contribution < 1.29 is 9.59 Å². The first-order valence-electron chi connectivity index (χ1n) is 7.67. The average Bonchev–Trinajstić information content (AvgIpc) is 2.55. The molecule has 6 nitrogen and oxygen atoms in total. The lowest BCUT2D eigenvalue weighted by Gasteiger charge is -2.36. The van der Waals surface area contributed by atoms with E-state index in [1.165, 1.54) is 4.90 Å². The minimum absolute atomic E-state index is 0.0372. The zero-order chi connectivity index (χ0) is 16.8. The van der Waals surface area contributed by atoms with E-state index in [-0.39, 0.29) is 18.4 Å². The standard InChI is InChI=1S/C16H23ClN4O2/c1-18-15(22)11-19(2)16(23)12-20-6-8-21(9-7-20)14-5-3-4-13(17)10-14/h3-5,10H,6-9,11-12H2,1-2H3,(H,18,22). The Hall–Kier alpha value is -1.79. The molecule has 2 amide bonds. The number of rotatable bonds is 5. The van der Waals surface area contributed by atoms with Crippen LogP contribution >= 0.6 is 11.6 Å². The largest absolute Gasteiger partial charge is 0.369 e. The van der Waals surface area contributed by atoms with Crippen LogP contribution in [0.1, 0.15) is 0 Å². The second-order valence-corrected chi connectivity index (χ2v) is 6.10. The predicted molar refractivity (Wildman–Crippen MR) is 91.8 cm³/mol. The third-order valence-corrected chi connectivity index (χ3v) is 4.22. The number of likely N-dealkylation sites (N-methyl/N-ethyl adjacent to an activating group) is 2. The zero-order valence-corrected chi connectivity index (χ0v) is 14.3. The molecule has 0 saturated carbocycles. The first-order valence-corrected chi connectivity index (χ1v) is 8.05. The topological polar surface area (TPSA) is 55.9 Å². The maximum atomic E-state index is 12.1. The quantitative estimate of drug-likeness (QED) is 0.857. The van der Waals surface area contributed by atoms with Crippen LogP contribution in [-0.4, -0.2) is 75.0 Å². The minimum atomic E-state index is -0.161. The second kappa shape index (κ2) is 8.17. The summed E-state index contributed by atoms with van der Waals surface area (Å²) >= 11 is 6.03. The molecule has 1 aromatic carbocycles. The first kappa shape index (κ1) is 17.6. The van der Waals surface area contributed by atoms with E-state index in [4.69, 9.17) is 11.6 Å². The van der Waals surface area contributed by atoms with Crippen molar-refractivity contribution in [2.45, 2.75) is 0 Å². The highest BCUT2D eigenvalue weighted by atomic mass is 35.5. The lowest BCUT2D eigenvalue weighted by molar-refractivity contribution is -0.135. The number of hydrogen-bond donors (Lipinski definition) is 1. The minimum Gasteiger partial charge on any atom is -0.369 e. The van der Waals surface area contributed by atoms with Gasteiger partial charge in [-0.2, -0.15) is 0 Å². The van der Waals surface area contributed by atoms with Crippen LogP contribution in [0.5, 0.6) is 0 Å². The van der Waals surface area contributed by atoms with Crippen LogP contribution < -0.4 is 10.2 Å². The van der Waals surface area contributed by atoms with Gasteiger partial charge in [0, 0.05) is 51.0 Å². The summed E-state index contributed by atoms with van der Waals surface area (Å²) in [6.45, 7) is 3.77. The Morgan fingerprint density at radius 2 is 1.96 bits per heavy atom. The van der Waals surface area contributed by atoms with Crippen molar-refractivity contribution >= 4 is 29.1 Å². The number of halogens is 1. The van der Waals surface area contributed by atoms with E-state index in [2.05, 4.69) is 15.1 Å². The highest BCUT2D eigenvalue weighted by Gasteiger charge is 2.21. The van der Waals surface area contributed by atoms with Gasteiger partial charge in [0.05, 0.1) is 13.1 Å². The molecule has 1 aliphatic heterocycles. The molecule has 0 aromatic heterocycles. The van der Waals surface area contributed by atoms with Crippen molar-refractivity contribution in [1.29, 1.82) is 0 Å². The smallest absolute Gasteiger partial charge is 0.239 e. The molecule has 0 radical (unpaired) electrons. The highest BCUT2D eigenvalue weighted by Crippen LogP contribution is 2.20. The van der Waals surface area contributed by atoms with E-state index in [1.54, 1.807) is 14.1 Å². The van der Waals surface area contributed by atoms with Gasteiger partial charge in [0.15, 0.2) is 0 Å². The predicted octanol–water partition coefficient (Wildman–Crippen LogP) is 0.666. The van der Waals surface area contributed by atoms with Gasteiger partial charge < -0.3 is 15.1 Å². The number of anilines is 1. The van der Waals surface area contributed by atoms with Gasteiger partial charge in [0.25, 0.3) is 0 Å². The summed E-state index contributed by atoms with van der Waals surface area (Å²) in [5.41, 5.74) is 1.11. The molecular formula is C16H23ClN4O2. The van der Waals surface area contributed by atoms with Crippen LogP contribution in [0.15, 0.2) is 24.3 Å². The summed E-state index contributed by atoms with van der Waals surface area (Å²) in [7, 11) is 3.22. The zero-order valence-electron chi connectivity index (χ0n) is 13.6. The summed E-state index contributed by atoms with van der Waals surface area (Å²) in [4.78, 5) is 29.3. The van der Waals surface area contributed by atoms with E-state index >= 15 is 0 Å². The number of benzene rings is 1. The van der Waals surface area contributed by atoms with Crippen molar-refractivity contribution in [2.24, 2.45) is 0 Å². The molecule has 1 heterocycles. The molecule has 1 N–H and O–H groups in total. The summed E-state index contributed by atoms with van der Waals surface area (Å²) < 4.78 is 0. The van der Waals surface area contributed by atoms with Gasteiger partial charge in [-0.05, 0) is 18.2 Å². The molecule has 126 valence electrons. The van der Waals surface area contributed by atoms with Crippen molar-refractivity contribution in [3.63, 3.8) is 0 Å². The number of amides is 2. The Bertz CT molecular complexity index is 559. The number of carbonyl (C=O) groups excluding carboxylic acids is 2. The Morgan fingerprint density at radius 1 is 1.26 bits per heavy atom. The Kier molecular flexibility index (Phi) is 6.24. The van der Waals surface area contributed by atoms with Crippen molar-refractivity contribution in [3.8, 4) is 0 Å². The molecule has 0 spiro atoms. The number of nitrogens with zero attached hydrogens (tertiary/aromatic N) is 3. The first-order chi connectivity index (χ1) is 11.0. The second-order valence-electron chi connectivity index (χ2n) is 5.67. The normalized spacial score (nSPS) is 15.3. The number of carbonyl (C=O) groups is 2. The van der Waals surface area contributed by atoms with Crippen LogP contribution in [0.4, 0.5) is 5.69 Å². The molecule has 0 bridgehead atoms. The molecule has 1 fully saturated rings. The van der Waals surface area contributed by atoms with Gasteiger partial charge in [-0.1, -0.05) is 17.7 Å². The number of nitrogens with one attached hydrogen (secondary N) is 1. The molecule has 2 rings (SSSR count). The van der Waals surface area contributed by atoms with E-state index in [9.17, 15) is 9.59 Å². The Balaban J connectivity index is 1.80. The summed E-state index contributed by atoms with van der Waals surface area (Å²) in [5.74, 6) is -0.198. The van der Waals surface area contributed by atoms with E-state index in [0.717, 1.165) is 36.9 Å². The van der Waals surface area contributed by atoms with Gasteiger partial charge in [-0.3, -0.25) is 14.5 Å². The fourth-order valence-electron chi connectivity index (χ4n) is 2.53. The maximum Gasteiger partial charge on any atom is 0.239 e. The van der Waals surface area contributed by atoms with Crippen molar-refractivity contribution in [1.82, 2.24) is 15.1 Å². The fraction of sp³-hybridized carbons (Fsp3) is 0.500. The van der Waals surface area contributed by atoms with Crippen molar-refractivity contribution in [3.05, 3.63) is 29.3 Å². The highest BCUT2D eigenvalue weighted by molar-refractivity contribution is 6.30. The third kappa shape index (κ3) is 5.11. The number of piperazine rings is 1. The molecule has 1 saturated heterocycles. The fourth-order valence-corrected chi connectivity index (χ4v) is 2.72. The van der Waals surface area contributed by atoms with Crippen LogP contribution in [0.25, 0.3) is 0 Å². The van der Waals surface area contributed by atoms with E-state index < -0.39 is 0 Å². The molecule has 0 aliphatic carbocycles. The van der Waals surface area contributed by atoms with Crippen LogP contribution in [0.2, 0.25) is 5.02 Å². The Morgan fingerprint density at radius 3 is 2.57 bits per heavy atom. The molecule has 7 heteroatoms. The van der Waals surface area contributed by atoms with Crippen LogP contribution in [0, 0.1) is 0 Å². The van der Waals surface area contributed by atoms with Crippen LogP contribution in [0.3, 0.4) is 0 Å².